The molecule has 6 heteroatoms. The lowest BCUT2D eigenvalue weighted by Crippen LogP contribution is -2.52. The molecule has 2 rings (SSSR count). The minimum atomic E-state index is -0.855. The van der Waals surface area contributed by atoms with Gasteiger partial charge in [-0.25, -0.2) is 0 Å². The van der Waals surface area contributed by atoms with Crippen LogP contribution >= 0.6 is 0 Å². The molecule has 0 spiro atoms. The van der Waals surface area contributed by atoms with E-state index in [-0.39, 0.29) is 5.91 Å². The van der Waals surface area contributed by atoms with E-state index in [1.807, 2.05) is 0 Å². The molecule has 0 radical (unpaired) electrons. The van der Waals surface area contributed by atoms with Crippen LogP contribution in [0.3, 0.4) is 0 Å². The summed E-state index contributed by atoms with van der Waals surface area (Å²) in [5.41, 5.74) is 11.3. The van der Waals surface area contributed by atoms with Crippen LogP contribution in [0.5, 0.6) is 5.75 Å². The smallest absolute Gasteiger partial charge is 0.248 e. The molecule has 0 atom stereocenters. The maximum absolute atomic E-state index is 12.4. The Balaban J connectivity index is 2.23. The molecule has 6 nitrogen and oxygen atoms in total. The van der Waals surface area contributed by atoms with Gasteiger partial charge in [-0.2, -0.15) is 0 Å². The van der Waals surface area contributed by atoms with Crippen molar-refractivity contribution >= 4 is 17.5 Å². The molecule has 0 heterocycles. The third-order valence-corrected chi connectivity index (χ3v) is 3.93. The zero-order valence-corrected chi connectivity index (χ0v) is 12.1. The highest BCUT2D eigenvalue weighted by molar-refractivity contribution is 6.01. The van der Waals surface area contributed by atoms with Gasteiger partial charge in [-0.15, -0.1) is 0 Å². The highest BCUT2D eigenvalue weighted by Crippen LogP contribution is 2.30. The first-order valence-corrected chi connectivity index (χ1v) is 7.04. The van der Waals surface area contributed by atoms with Gasteiger partial charge < -0.3 is 21.5 Å². The highest BCUT2D eigenvalue weighted by atomic mass is 16.5. The molecule has 1 aliphatic carbocycles. The minimum absolute atomic E-state index is 0.248. The van der Waals surface area contributed by atoms with Gasteiger partial charge in [0, 0.05) is 5.56 Å². The van der Waals surface area contributed by atoms with E-state index >= 15 is 0 Å². The van der Waals surface area contributed by atoms with E-state index in [0.29, 0.717) is 29.8 Å². The maximum Gasteiger partial charge on any atom is 0.248 e. The first-order valence-electron chi connectivity index (χ1n) is 7.04. The number of carbonyl (C=O) groups is 2. The fourth-order valence-electron chi connectivity index (χ4n) is 2.62. The van der Waals surface area contributed by atoms with E-state index in [9.17, 15) is 9.59 Å². The van der Waals surface area contributed by atoms with Crippen molar-refractivity contribution in [3.05, 3.63) is 23.8 Å². The number of nitrogens with one attached hydrogen (secondary N) is 1. The van der Waals surface area contributed by atoms with E-state index in [1.54, 1.807) is 12.1 Å². The Labute approximate surface area is 123 Å². The molecule has 0 aromatic heterocycles. The standard InChI is InChI=1S/C15H21N3O3/c1-21-12-6-5-10(13(16)19)9-11(12)18-14(20)15(17)7-3-2-4-8-15/h5-6,9H,2-4,7-8,17H2,1H3,(H2,16,19)(H,18,20). The molecular weight excluding hydrogens is 270 g/mol. The van der Waals surface area contributed by atoms with E-state index in [1.165, 1.54) is 13.2 Å². The molecule has 1 aromatic carbocycles. The molecule has 0 unspecified atom stereocenters. The van der Waals surface area contributed by atoms with Crippen molar-refractivity contribution in [2.24, 2.45) is 11.5 Å². The number of hydrogen-bond donors (Lipinski definition) is 3. The van der Waals surface area contributed by atoms with Crippen LogP contribution in [0, 0.1) is 0 Å². The van der Waals surface area contributed by atoms with Gasteiger partial charge in [0.15, 0.2) is 0 Å². The summed E-state index contributed by atoms with van der Waals surface area (Å²) in [6.07, 6.45) is 4.32. The van der Waals surface area contributed by atoms with Gasteiger partial charge in [-0.05, 0) is 31.0 Å². The molecule has 1 aromatic rings. The van der Waals surface area contributed by atoms with Crippen LogP contribution in [-0.4, -0.2) is 24.5 Å². The SMILES string of the molecule is COc1ccc(C(N)=O)cc1NC(=O)C1(N)CCCCC1. The van der Waals surface area contributed by atoms with Crippen LogP contribution in [0.2, 0.25) is 0 Å². The summed E-state index contributed by atoms with van der Waals surface area (Å²) in [5, 5.41) is 2.77. The summed E-state index contributed by atoms with van der Waals surface area (Å²) < 4.78 is 5.19. The lowest BCUT2D eigenvalue weighted by Gasteiger charge is -2.32. The molecule has 0 aliphatic heterocycles. The number of hydrogen-bond acceptors (Lipinski definition) is 4. The maximum atomic E-state index is 12.4. The third kappa shape index (κ3) is 3.33. The van der Waals surface area contributed by atoms with Crippen LogP contribution in [0.25, 0.3) is 0 Å². The van der Waals surface area contributed by atoms with Crippen molar-refractivity contribution in [2.45, 2.75) is 37.6 Å². The highest BCUT2D eigenvalue weighted by Gasteiger charge is 2.35. The van der Waals surface area contributed by atoms with Crippen molar-refractivity contribution < 1.29 is 14.3 Å². The van der Waals surface area contributed by atoms with E-state index in [2.05, 4.69) is 5.32 Å². The summed E-state index contributed by atoms with van der Waals surface area (Å²) >= 11 is 0. The van der Waals surface area contributed by atoms with Gasteiger partial charge >= 0.3 is 0 Å². The van der Waals surface area contributed by atoms with Crippen molar-refractivity contribution in [2.75, 3.05) is 12.4 Å². The zero-order valence-electron chi connectivity index (χ0n) is 12.1. The molecule has 0 saturated heterocycles. The number of rotatable bonds is 4. The van der Waals surface area contributed by atoms with Gasteiger partial charge in [0.1, 0.15) is 5.75 Å². The second kappa shape index (κ2) is 6.13. The molecule has 0 bridgehead atoms. The Morgan fingerprint density at radius 3 is 2.48 bits per heavy atom. The second-order valence-corrected chi connectivity index (χ2v) is 5.45. The van der Waals surface area contributed by atoms with Crippen LogP contribution < -0.4 is 21.5 Å². The van der Waals surface area contributed by atoms with Crippen LogP contribution in [-0.2, 0) is 4.79 Å². The number of primary amides is 1. The Morgan fingerprint density at radius 2 is 1.90 bits per heavy atom. The monoisotopic (exact) mass is 291 g/mol. The molecule has 114 valence electrons. The molecule has 1 saturated carbocycles. The molecule has 5 N–H and O–H groups in total. The quantitative estimate of drug-likeness (QED) is 0.779. The number of amides is 2. The summed E-state index contributed by atoms with van der Waals surface area (Å²) in [6, 6.07) is 4.65. The largest absolute Gasteiger partial charge is 0.495 e. The van der Waals surface area contributed by atoms with E-state index in [0.717, 1.165) is 19.3 Å². The minimum Gasteiger partial charge on any atom is -0.495 e. The van der Waals surface area contributed by atoms with Crippen molar-refractivity contribution in [1.29, 1.82) is 0 Å². The normalized spacial score (nSPS) is 17.0. The number of ether oxygens (including phenoxy) is 1. The number of nitrogens with two attached hydrogens (primary N) is 2. The van der Waals surface area contributed by atoms with Crippen molar-refractivity contribution in [3.63, 3.8) is 0 Å². The van der Waals surface area contributed by atoms with Gasteiger partial charge in [0.05, 0.1) is 18.3 Å². The molecular formula is C15H21N3O3. The first-order chi connectivity index (χ1) is 9.96. The topological polar surface area (TPSA) is 107 Å². The fourth-order valence-corrected chi connectivity index (χ4v) is 2.62. The lowest BCUT2D eigenvalue weighted by atomic mass is 9.82. The average Bonchev–Trinajstić information content (AvgIpc) is 2.47. The Bertz CT molecular complexity index is 551. The van der Waals surface area contributed by atoms with Gasteiger partial charge in [-0.3, -0.25) is 9.59 Å². The zero-order chi connectivity index (χ0) is 15.5. The Kier molecular flexibility index (Phi) is 4.47. The second-order valence-electron chi connectivity index (χ2n) is 5.45. The third-order valence-electron chi connectivity index (χ3n) is 3.93. The summed E-state index contributed by atoms with van der Waals surface area (Å²) in [4.78, 5) is 23.7. The summed E-state index contributed by atoms with van der Waals surface area (Å²) in [7, 11) is 1.49. The number of benzene rings is 1. The average molecular weight is 291 g/mol. The predicted molar refractivity (Wildman–Crippen MR) is 80.1 cm³/mol. The summed E-state index contributed by atoms with van der Waals surface area (Å²) in [5.74, 6) is -0.344. The van der Waals surface area contributed by atoms with Gasteiger partial charge in [0.25, 0.3) is 0 Å². The molecule has 2 amide bonds. The Hall–Kier alpha value is -2.08. The van der Waals surface area contributed by atoms with Crippen LogP contribution in [0.4, 0.5) is 5.69 Å². The number of anilines is 1. The number of carbonyl (C=O) groups excluding carboxylic acids is 2. The van der Waals surface area contributed by atoms with E-state index < -0.39 is 11.4 Å². The number of methoxy groups -OCH3 is 1. The van der Waals surface area contributed by atoms with E-state index in [4.69, 9.17) is 16.2 Å². The van der Waals surface area contributed by atoms with Crippen molar-refractivity contribution in [1.82, 2.24) is 0 Å². The van der Waals surface area contributed by atoms with Crippen LogP contribution in [0.1, 0.15) is 42.5 Å². The summed E-state index contributed by atoms with van der Waals surface area (Å²) in [6.45, 7) is 0. The molecule has 1 aliphatic rings. The lowest BCUT2D eigenvalue weighted by molar-refractivity contribution is -0.122. The van der Waals surface area contributed by atoms with Crippen molar-refractivity contribution in [3.8, 4) is 5.75 Å². The molecule has 1 fully saturated rings. The predicted octanol–water partition coefficient (Wildman–Crippen LogP) is 1.39. The fraction of sp³-hybridized carbons (Fsp3) is 0.467. The van der Waals surface area contributed by atoms with Gasteiger partial charge in [0.2, 0.25) is 11.8 Å². The molecule has 21 heavy (non-hydrogen) atoms. The Morgan fingerprint density at radius 1 is 1.24 bits per heavy atom. The first kappa shape index (κ1) is 15.3. The van der Waals surface area contributed by atoms with Crippen LogP contribution in [0.15, 0.2) is 18.2 Å². The van der Waals surface area contributed by atoms with Gasteiger partial charge in [-0.1, -0.05) is 19.3 Å².